The first kappa shape index (κ1) is 30.8. The molecule has 0 aromatic heterocycles. The first-order chi connectivity index (χ1) is 19.1. The standard InChI is InChI=1S/C28H29F4N3O4S2/c1-19(36)35(23-13-9-21(29)10-14-23)18-24-17-33(41(38,39)26-6-4-3-5-25(26)40)15-16-34(24)22-11-7-20(8-12-22)27(2,37)28(30,31)32/h3-14,24,37,40H,15-18H2,1-2H3/t24-,27-/m1/s1. The normalized spacial score (nSPS) is 18.1. The summed E-state index contributed by atoms with van der Waals surface area (Å²) in [5, 5.41) is 10.1. The van der Waals surface area contributed by atoms with Crippen LogP contribution in [-0.4, -0.2) is 62.1 Å². The summed E-state index contributed by atoms with van der Waals surface area (Å²) in [6.45, 7) is 2.15. The summed E-state index contributed by atoms with van der Waals surface area (Å²) in [6.07, 6.45) is -4.89. The van der Waals surface area contributed by atoms with Crippen LogP contribution < -0.4 is 9.80 Å². The molecule has 1 aliphatic heterocycles. The molecular weight excluding hydrogens is 582 g/mol. The number of sulfonamides is 1. The number of amides is 1. The number of piperazine rings is 1. The van der Waals surface area contributed by atoms with Crippen molar-refractivity contribution in [3.05, 3.63) is 84.2 Å². The minimum atomic E-state index is -4.89. The van der Waals surface area contributed by atoms with Gasteiger partial charge in [-0.05, 0) is 61.0 Å². The summed E-state index contributed by atoms with van der Waals surface area (Å²) in [7, 11) is -3.98. The Hall–Kier alpha value is -3.13. The van der Waals surface area contributed by atoms with Crippen LogP contribution in [-0.2, 0) is 20.4 Å². The Morgan fingerprint density at radius 3 is 2.20 bits per heavy atom. The van der Waals surface area contributed by atoms with E-state index in [1.807, 2.05) is 4.90 Å². The van der Waals surface area contributed by atoms with Crippen LogP contribution in [0.2, 0.25) is 0 Å². The summed E-state index contributed by atoms with van der Waals surface area (Å²) < 4.78 is 82.1. The van der Waals surface area contributed by atoms with Crippen molar-refractivity contribution in [3.8, 4) is 0 Å². The average molecular weight is 612 g/mol. The molecule has 13 heteroatoms. The third-order valence-corrected chi connectivity index (χ3v) is 9.62. The van der Waals surface area contributed by atoms with Gasteiger partial charge < -0.3 is 14.9 Å². The minimum Gasteiger partial charge on any atom is -0.376 e. The van der Waals surface area contributed by atoms with Gasteiger partial charge in [0.1, 0.15) is 5.82 Å². The van der Waals surface area contributed by atoms with E-state index in [2.05, 4.69) is 12.6 Å². The lowest BCUT2D eigenvalue weighted by Crippen LogP contribution is -2.59. The number of anilines is 2. The van der Waals surface area contributed by atoms with Gasteiger partial charge >= 0.3 is 6.18 Å². The van der Waals surface area contributed by atoms with Crippen molar-refractivity contribution >= 4 is 39.9 Å². The Morgan fingerprint density at radius 2 is 1.63 bits per heavy atom. The maximum atomic E-state index is 13.6. The maximum Gasteiger partial charge on any atom is 0.421 e. The fourth-order valence-electron chi connectivity index (χ4n) is 4.74. The van der Waals surface area contributed by atoms with Gasteiger partial charge in [0.15, 0.2) is 5.60 Å². The highest BCUT2D eigenvalue weighted by Gasteiger charge is 2.51. The Labute approximate surface area is 241 Å². The molecule has 1 saturated heterocycles. The first-order valence-corrected chi connectivity index (χ1v) is 14.5. The Balaban J connectivity index is 1.70. The number of carbonyl (C=O) groups excluding carboxylic acids is 1. The van der Waals surface area contributed by atoms with E-state index < -0.39 is 33.7 Å². The molecule has 0 radical (unpaired) electrons. The number of hydrogen-bond acceptors (Lipinski definition) is 6. The fourth-order valence-corrected chi connectivity index (χ4v) is 6.80. The number of halogens is 4. The van der Waals surface area contributed by atoms with Crippen molar-refractivity contribution in [1.29, 1.82) is 0 Å². The molecule has 1 amide bonds. The summed E-state index contributed by atoms with van der Waals surface area (Å²) in [5.41, 5.74) is -2.54. The lowest BCUT2D eigenvalue weighted by atomic mass is 9.95. The fraction of sp³-hybridized carbons (Fsp3) is 0.321. The molecule has 3 aromatic carbocycles. The van der Waals surface area contributed by atoms with Crippen LogP contribution in [0.1, 0.15) is 19.4 Å². The lowest BCUT2D eigenvalue weighted by Gasteiger charge is -2.44. The number of alkyl halides is 3. The number of aliphatic hydroxyl groups is 1. The van der Waals surface area contributed by atoms with Gasteiger partial charge in [0.25, 0.3) is 0 Å². The van der Waals surface area contributed by atoms with Crippen molar-refractivity contribution in [1.82, 2.24) is 4.31 Å². The van der Waals surface area contributed by atoms with Gasteiger partial charge in [0.2, 0.25) is 15.9 Å². The van der Waals surface area contributed by atoms with Crippen LogP contribution in [0.3, 0.4) is 0 Å². The number of carbonyl (C=O) groups is 1. The van der Waals surface area contributed by atoms with E-state index in [-0.39, 0.29) is 47.4 Å². The lowest BCUT2D eigenvalue weighted by molar-refractivity contribution is -0.258. The smallest absolute Gasteiger partial charge is 0.376 e. The molecule has 3 aromatic rings. The predicted octanol–water partition coefficient (Wildman–Crippen LogP) is 4.82. The van der Waals surface area contributed by atoms with E-state index in [0.29, 0.717) is 18.3 Å². The molecular formula is C28H29F4N3O4S2. The molecule has 4 rings (SSSR count). The van der Waals surface area contributed by atoms with Gasteiger partial charge in [-0.15, -0.1) is 12.6 Å². The zero-order valence-corrected chi connectivity index (χ0v) is 23.9. The van der Waals surface area contributed by atoms with Crippen LogP contribution >= 0.6 is 12.6 Å². The molecule has 41 heavy (non-hydrogen) atoms. The molecule has 1 fully saturated rings. The molecule has 0 saturated carbocycles. The summed E-state index contributed by atoms with van der Waals surface area (Å²) in [4.78, 5) is 16.2. The molecule has 7 nitrogen and oxygen atoms in total. The second kappa shape index (κ2) is 11.6. The zero-order chi connectivity index (χ0) is 30.2. The quantitative estimate of drug-likeness (QED) is 0.296. The van der Waals surface area contributed by atoms with Crippen LogP contribution in [0.4, 0.5) is 28.9 Å². The van der Waals surface area contributed by atoms with Gasteiger partial charge in [0, 0.05) is 49.4 Å². The van der Waals surface area contributed by atoms with Gasteiger partial charge in [0.05, 0.1) is 10.9 Å². The van der Waals surface area contributed by atoms with Gasteiger partial charge in [-0.1, -0.05) is 24.3 Å². The molecule has 0 aliphatic carbocycles. The second-order valence-corrected chi connectivity index (χ2v) is 12.3. The Morgan fingerprint density at radius 1 is 1.02 bits per heavy atom. The maximum absolute atomic E-state index is 13.6. The molecule has 1 aliphatic rings. The SMILES string of the molecule is CC(=O)N(C[C@H]1CN(S(=O)(=O)c2ccccc2S)CCN1c1ccc([C@@](C)(O)C(F)(F)F)cc1)c1ccc(F)cc1. The number of hydrogen-bond donors (Lipinski definition) is 2. The Bertz CT molecular complexity index is 1500. The van der Waals surface area contributed by atoms with Crippen LogP contribution in [0, 0.1) is 5.82 Å². The minimum absolute atomic E-state index is 0.00246. The van der Waals surface area contributed by atoms with Crippen molar-refractivity contribution in [2.45, 2.75) is 41.5 Å². The van der Waals surface area contributed by atoms with E-state index >= 15 is 0 Å². The average Bonchev–Trinajstić information content (AvgIpc) is 2.91. The van der Waals surface area contributed by atoms with Crippen molar-refractivity contribution < 1.29 is 35.9 Å². The molecule has 0 bridgehead atoms. The van der Waals surface area contributed by atoms with E-state index in [9.17, 15) is 35.9 Å². The first-order valence-electron chi connectivity index (χ1n) is 12.6. The summed E-state index contributed by atoms with van der Waals surface area (Å²) in [6, 6.07) is 16.1. The number of benzene rings is 3. The molecule has 1 heterocycles. The highest BCUT2D eigenvalue weighted by atomic mass is 32.2. The van der Waals surface area contributed by atoms with E-state index in [0.717, 1.165) is 0 Å². The largest absolute Gasteiger partial charge is 0.421 e. The van der Waals surface area contributed by atoms with E-state index in [1.54, 1.807) is 18.2 Å². The zero-order valence-electron chi connectivity index (χ0n) is 22.2. The third-order valence-electron chi connectivity index (χ3n) is 7.15. The highest BCUT2D eigenvalue weighted by molar-refractivity contribution is 7.90. The van der Waals surface area contributed by atoms with E-state index in [4.69, 9.17) is 0 Å². The summed E-state index contributed by atoms with van der Waals surface area (Å²) in [5.74, 6) is -0.858. The van der Waals surface area contributed by atoms with Crippen molar-refractivity contribution in [2.75, 3.05) is 36.0 Å². The van der Waals surface area contributed by atoms with Crippen molar-refractivity contribution in [3.63, 3.8) is 0 Å². The summed E-state index contributed by atoms with van der Waals surface area (Å²) >= 11 is 4.30. The highest BCUT2D eigenvalue weighted by Crippen LogP contribution is 2.39. The van der Waals surface area contributed by atoms with Gasteiger partial charge in [-0.25, -0.2) is 12.8 Å². The van der Waals surface area contributed by atoms with Gasteiger partial charge in [-0.3, -0.25) is 4.79 Å². The van der Waals surface area contributed by atoms with Crippen molar-refractivity contribution in [2.24, 2.45) is 0 Å². The monoisotopic (exact) mass is 611 g/mol. The molecule has 0 unspecified atom stereocenters. The van der Waals surface area contributed by atoms with Gasteiger partial charge in [-0.2, -0.15) is 17.5 Å². The number of nitrogens with zero attached hydrogens (tertiary/aromatic N) is 3. The molecule has 1 N–H and O–H groups in total. The van der Waals surface area contributed by atoms with Crippen LogP contribution in [0.5, 0.6) is 0 Å². The Kier molecular flexibility index (Phi) is 8.74. The topological polar surface area (TPSA) is 81.2 Å². The predicted molar refractivity (Wildman–Crippen MR) is 150 cm³/mol. The number of rotatable bonds is 7. The third kappa shape index (κ3) is 6.37. The number of thiol groups is 1. The second-order valence-electron chi connectivity index (χ2n) is 9.90. The molecule has 0 spiro atoms. The van der Waals surface area contributed by atoms with E-state index in [1.165, 1.54) is 70.7 Å². The molecule has 2 atom stereocenters. The van der Waals surface area contributed by atoms with Crippen LogP contribution in [0.15, 0.2) is 82.6 Å². The van der Waals surface area contributed by atoms with Crippen LogP contribution in [0.25, 0.3) is 0 Å². The molecule has 220 valence electrons.